The molecule has 2 heterocycles. The van der Waals surface area contributed by atoms with Crippen molar-refractivity contribution < 1.29 is 19.7 Å². The summed E-state index contributed by atoms with van der Waals surface area (Å²) >= 11 is 9.62. The van der Waals surface area contributed by atoms with E-state index in [0.29, 0.717) is 22.4 Å². The number of aliphatic hydroxyl groups is 1. The molecule has 0 saturated heterocycles. The molecular formula is C17H16BrClN4O4. The lowest BCUT2D eigenvalue weighted by Crippen LogP contribution is -2.27. The lowest BCUT2D eigenvalue weighted by Gasteiger charge is -2.26. The van der Waals surface area contributed by atoms with Crippen molar-refractivity contribution in [3.05, 3.63) is 51.3 Å². The van der Waals surface area contributed by atoms with Gasteiger partial charge < -0.3 is 19.8 Å². The van der Waals surface area contributed by atoms with Crippen molar-refractivity contribution in [2.45, 2.75) is 6.54 Å². The van der Waals surface area contributed by atoms with E-state index in [-0.39, 0.29) is 24.0 Å². The van der Waals surface area contributed by atoms with Crippen LogP contribution in [-0.4, -0.2) is 51.0 Å². The summed E-state index contributed by atoms with van der Waals surface area (Å²) < 4.78 is 6.83. The molecule has 0 saturated carbocycles. The summed E-state index contributed by atoms with van der Waals surface area (Å²) in [7, 11) is 1.60. The molecule has 3 rings (SSSR count). The molecular weight excluding hydrogens is 440 g/mol. The van der Waals surface area contributed by atoms with Crippen molar-refractivity contribution in [2.75, 3.05) is 25.2 Å². The van der Waals surface area contributed by atoms with E-state index in [1.165, 1.54) is 10.7 Å². The summed E-state index contributed by atoms with van der Waals surface area (Å²) in [6, 6.07) is 7.50. The van der Waals surface area contributed by atoms with E-state index in [1.807, 2.05) is 29.2 Å². The van der Waals surface area contributed by atoms with Crippen molar-refractivity contribution >= 4 is 44.8 Å². The first-order valence-corrected chi connectivity index (χ1v) is 9.08. The Morgan fingerprint density at radius 2 is 2.07 bits per heavy atom. The average Bonchev–Trinajstić information content (AvgIpc) is 3.06. The molecule has 0 aliphatic rings. The van der Waals surface area contributed by atoms with Gasteiger partial charge in [0.15, 0.2) is 16.5 Å². The fourth-order valence-electron chi connectivity index (χ4n) is 2.70. The number of fused-ring (bicyclic) bond motifs is 1. The highest BCUT2D eigenvalue weighted by atomic mass is 79.9. The van der Waals surface area contributed by atoms with Crippen molar-refractivity contribution in [2.24, 2.45) is 0 Å². The van der Waals surface area contributed by atoms with Crippen LogP contribution in [0.3, 0.4) is 0 Å². The third-order valence-electron chi connectivity index (χ3n) is 3.96. The SMILES string of the molecule is COc1ccc(CN(CCO)c2c(Br)c(Cl)nn3c(C(=O)O)cnc23)cc1. The fraction of sp³-hybridized carbons (Fsp3) is 0.235. The number of aromatic nitrogens is 3. The minimum absolute atomic E-state index is 0.0932. The van der Waals surface area contributed by atoms with Crippen molar-refractivity contribution in [3.8, 4) is 5.75 Å². The highest BCUT2D eigenvalue weighted by Crippen LogP contribution is 2.36. The number of carbonyl (C=O) groups is 1. The lowest BCUT2D eigenvalue weighted by molar-refractivity contribution is 0.0688. The van der Waals surface area contributed by atoms with Crippen LogP contribution in [0, 0.1) is 0 Å². The van der Waals surface area contributed by atoms with Gasteiger partial charge in [0.05, 0.1) is 24.4 Å². The predicted octanol–water partition coefficient (Wildman–Crippen LogP) is 2.85. The number of carboxylic acid groups (broad SMARTS) is 1. The van der Waals surface area contributed by atoms with Gasteiger partial charge in [-0.25, -0.2) is 14.3 Å². The average molecular weight is 456 g/mol. The molecule has 0 unspecified atom stereocenters. The first-order valence-electron chi connectivity index (χ1n) is 7.91. The van der Waals surface area contributed by atoms with Crippen LogP contribution in [0.2, 0.25) is 5.15 Å². The molecule has 0 aliphatic heterocycles. The van der Waals surface area contributed by atoms with E-state index < -0.39 is 5.97 Å². The maximum Gasteiger partial charge on any atom is 0.356 e. The van der Waals surface area contributed by atoms with Crippen LogP contribution < -0.4 is 9.64 Å². The summed E-state index contributed by atoms with van der Waals surface area (Å²) in [4.78, 5) is 17.5. The van der Waals surface area contributed by atoms with E-state index in [1.54, 1.807) is 7.11 Å². The number of nitrogens with zero attached hydrogens (tertiary/aromatic N) is 4. The zero-order valence-corrected chi connectivity index (χ0v) is 16.6. The molecule has 0 amide bonds. The molecule has 10 heteroatoms. The Morgan fingerprint density at radius 1 is 1.37 bits per heavy atom. The monoisotopic (exact) mass is 454 g/mol. The molecule has 0 fully saturated rings. The summed E-state index contributed by atoms with van der Waals surface area (Å²) in [5, 5.41) is 23.0. The van der Waals surface area contributed by atoms with Crippen LogP contribution in [0.25, 0.3) is 5.65 Å². The number of anilines is 1. The highest BCUT2D eigenvalue weighted by Gasteiger charge is 2.23. The lowest BCUT2D eigenvalue weighted by atomic mass is 10.2. The van der Waals surface area contributed by atoms with E-state index in [2.05, 4.69) is 26.0 Å². The normalized spacial score (nSPS) is 11.0. The van der Waals surface area contributed by atoms with Crippen LogP contribution in [0.5, 0.6) is 5.75 Å². The Bertz CT molecular complexity index is 977. The number of hydrogen-bond donors (Lipinski definition) is 2. The molecule has 3 aromatic rings. The van der Waals surface area contributed by atoms with Gasteiger partial charge in [0.1, 0.15) is 11.4 Å². The summed E-state index contributed by atoms with van der Waals surface area (Å²) in [6.07, 6.45) is 1.22. The maximum absolute atomic E-state index is 11.4. The quantitative estimate of drug-likeness (QED) is 0.565. The molecule has 2 aromatic heterocycles. The van der Waals surface area contributed by atoms with Crippen LogP contribution >= 0.6 is 27.5 Å². The number of ether oxygens (including phenoxy) is 1. The summed E-state index contributed by atoms with van der Waals surface area (Å²) in [5.41, 5.74) is 1.74. The third kappa shape index (κ3) is 3.85. The van der Waals surface area contributed by atoms with Crippen LogP contribution in [0.4, 0.5) is 5.69 Å². The second kappa shape index (κ2) is 8.12. The molecule has 27 heavy (non-hydrogen) atoms. The van der Waals surface area contributed by atoms with E-state index in [4.69, 9.17) is 16.3 Å². The number of imidazole rings is 1. The van der Waals surface area contributed by atoms with Gasteiger partial charge in [0.2, 0.25) is 0 Å². The molecule has 0 atom stereocenters. The van der Waals surface area contributed by atoms with E-state index in [0.717, 1.165) is 11.3 Å². The van der Waals surface area contributed by atoms with E-state index >= 15 is 0 Å². The first-order chi connectivity index (χ1) is 13.0. The highest BCUT2D eigenvalue weighted by molar-refractivity contribution is 9.10. The molecule has 2 N–H and O–H groups in total. The Balaban J connectivity index is 2.09. The molecule has 0 bridgehead atoms. The second-order valence-electron chi connectivity index (χ2n) is 5.63. The molecule has 0 aliphatic carbocycles. The first kappa shape index (κ1) is 19.4. The number of methoxy groups -OCH3 is 1. The number of halogens is 2. The van der Waals surface area contributed by atoms with Gasteiger partial charge >= 0.3 is 5.97 Å². The number of rotatable bonds is 7. The molecule has 0 spiro atoms. The Labute approximate surface area is 168 Å². The van der Waals surface area contributed by atoms with E-state index in [9.17, 15) is 15.0 Å². The Hall–Kier alpha value is -2.36. The number of aromatic carboxylic acids is 1. The topological polar surface area (TPSA) is 100 Å². The maximum atomic E-state index is 11.4. The Kier molecular flexibility index (Phi) is 5.83. The van der Waals surface area contributed by atoms with Crippen LogP contribution in [0.15, 0.2) is 34.9 Å². The minimum Gasteiger partial charge on any atom is -0.497 e. The fourth-order valence-corrected chi connectivity index (χ4v) is 3.38. The largest absolute Gasteiger partial charge is 0.497 e. The van der Waals surface area contributed by atoms with Crippen molar-refractivity contribution in [3.63, 3.8) is 0 Å². The number of hydrogen-bond acceptors (Lipinski definition) is 6. The van der Waals surface area contributed by atoms with Gasteiger partial charge in [-0.2, -0.15) is 5.10 Å². The van der Waals surface area contributed by atoms with Gasteiger partial charge in [-0.3, -0.25) is 0 Å². The molecule has 0 radical (unpaired) electrons. The van der Waals surface area contributed by atoms with Crippen molar-refractivity contribution in [1.82, 2.24) is 14.6 Å². The van der Waals surface area contributed by atoms with Gasteiger partial charge in [-0.05, 0) is 33.6 Å². The second-order valence-corrected chi connectivity index (χ2v) is 6.78. The standard InChI is InChI=1S/C17H16BrClN4O4/c1-27-11-4-2-10(3-5-11)9-22(6-7-24)14-13(18)15(19)21-23-12(17(25)26)8-20-16(14)23/h2-5,8,24H,6-7,9H2,1H3,(H,25,26). The molecule has 1 aromatic carbocycles. The zero-order chi connectivity index (χ0) is 19.6. The number of benzene rings is 1. The van der Waals surface area contributed by atoms with Crippen LogP contribution in [0.1, 0.15) is 16.1 Å². The van der Waals surface area contributed by atoms with Gasteiger partial charge in [0, 0.05) is 13.1 Å². The third-order valence-corrected chi connectivity index (χ3v) is 5.21. The van der Waals surface area contributed by atoms with Gasteiger partial charge in [-0.1, -0.05) is 23.7 Å². The summed E-state index contributed by atoms with van der Waals surface area (Å²) in [5.74, 6) is -0.425. The van der Waals surface area contributed by atoms with Crippen molar-refractivity contribution in [1.29, 1.82) is 0 Å². The minimum atomic E-state index is -1.16. The zero-order valence-electron chi connectivity index (χ0n) is 14.3. The van der Waals surface area contributed by atoms with Gasteiger partial charge in [0.25, 0.3) is 0 Å². The summed E-state index contributed by atoms with van der Waals surface area (Å²) in [6.45, 7) is 0.617. The van der Waals surface area contributed by atoms with Crippen LogP contribution in [-0.2, 0) is 6.54 Å². The number of aliphatic hydroxyl groups excluding tert-OH is 1. The molecule has 8 nitrogen and oxygen atoms in total. The smallest absolute Gasteiger partial charge is 0.356 e. The van der Waals surface area contributed by atoms with Gasteiger partial charge in [-0.15, -0.1) is 0 Å². The Morgan fingerprint density at radius 3 is 2.67 bits per heavy atom. The molecule has 142 valence electrons. The predicted molar refractivity (Wildman–Crippen MR) is 104 cm³/mol. The number of carboxylic acids is 1.